The first-order valence-electron chi connectivity index (χ1n) is 19.2. The number of aromatic nitrogens is 6. The van der Waals surface area contributed by atoms with Crippen LogP contribution in [0.2, 0.25) is 0 Å². The van der Waals surface area contributed by atoms with Gasteiger partial charge in [0.25, 0.3) is 0 Å². The van der Waals surface area contributed by atoms with Crippen LogP contribution in [0.5, 0.6) is 0 Å². The molecule has 0 unspecified atom stereocenters. The topological polar surface area (TPSA) is 53.5 Å². The van der Waals surface area contributed by atoms with Crippen molar-refractivity contribution in [3.8, 4) is 39.7 Å². The van der Waals surface area contributed by atoms with Crippen LogP contribution in [0.3, 0.4) is 0 Å². The number of nitrogens with zero attached hydrogens (tertiary/aromatic N) is 6. The minimum absolute atomic E-state index is 0.798. The van der Waals surface area contributed by atoms with E-state index < -0.39 is 0 Å². The third-order valence-electron chi connectivity index (χ3n) is 11.3. The van der Waals surface area contributed by atoms with E-state index in [1.807, 2.05) is 18.3 Å². The molecule has 12 rings (SSSR count). The van der Waals surface area contributed by atoms with E-state index in [0.29, 0.717) is 0 Å². The fraction of sp³-hybridized carbons (Fsp3) is 0. The summed E-state index contributed by atoms with van der Waals surface area (Å²) in [4.78, 5) is 15.9. The molecule has 0 aliphatic rings. The van der Waals surface area contributed by atoms with Crippen molar-refractivity contribution >= 4 is 65.7 Å². The van der Waals surface area contributed by atoms with Crippen molar-refractivity contribution in [2.75, 3.05) is 0 Å². The molecule has 0 N–H and O–H groups in total. The Morgan fingerprint density at radius 1 is 0.333 bits per heavy atom. The van der Waals surface area contributed by atoms with Crippen LogP contribution in [0.1, 0.15) is 0 Å². The van der Waals surface area contributed by atoms with Crippen LogP contribution in [0.15, 0.2) is 194 Å². The first-order chi connectivity index (χ1) is 28.3. The number of benzene rings is 8. The maximum atomic E-state index is 5.53. The summed E-state index contributed by atoms with van der Waals surface area (Å²) in [5.74, 6) is 0.892. The van der Waals surface area contributed by atoms with E-state index in [-0.39, 0.29) is 0 Å². The van der Waals surface area contributed by atoms with Crippen LogP contribution in [0, 0.1) is 0 Å². The van der Waals surface area contributed by atoms with Crippen molar-refractivity contribution in [2.45, 2.75) is 0 Å². The fourth-order valence-corrected chi connectivity index (χ4v) is 8.78. The zero-order valence-electron chi connectivity index (χ0n) is 30.7. The number of para-hydroxylation sites is 7. The van der Waals surface area contributed by atoms with Gasteiger partial charge in [0.05, 0.1) is 56.4 Å². The number of hydrogen-bond donors (Lipinski definition) is 0. The zero-order chi connectivity index (χ0) is 37.5. The Kier molecular flexibility index (Phi) is 6.83. The van der Waals surface area contributed by atoms with Crippen LogP contribution in [-0.4, -0.2) is 28.7 Å². The van der Waals surface area contributed by atoms with Crippen LogP contribution in [0.4, 0.5) is 0 Å². The van der Waals surface area contributed by atoms with Gasteiger partial charge in [0, 0.05) is 38.4 Å². The average Bonchev–Trinajstić information content (AvgIpc) is 3.95. The second kappa shape index (κ2) is 12.3. The second-order valence-corrected chi connectivity index (χ2v) is 14.5. The van der Waals surface area contributed by atoms with E-state index >= 15 is 0 Å². The molecule has 0 saturated heterocycles. The summed E-state index contributed by atoms with van der Waals surface area (Å²) in [5.41, 5.74) is 14.0. The summed E-state index contributed by atoms with van der Waals surface area (Å²) >= 11 is 0. The molecule has 6 heteroatoms. The smallest absolute Gasteiger partial charge is 0.145 e. The van der Waals surface area contributed by atoms with Gasteiger partial charge in [-0.1, -0.05) is 127 Å². The summed E-state index contributed by atoms with van der Waals surface area (Å²) in [6.45, 7) is 0. The minimum Gasteiger partial charge on any atom is -0.307 e. The molecule has 0 saturated carbocycles. The van der Waals surface area contributed by atoms with Gasteiger partial charge in [0.15, 0.2) is 0 Å². The van der Waals surface area contributed by atoms with Gasteiger partial charge in [-0.15, -0.1) is 0 Å². The van der Waals surface area contributed by atoms with Gasteiger partial charge in [0.1, 0.15) is 16.9 Å². The Morgan fingerprint density at radius 3 is 1.35 bits per heavy atom. The maximum absolute atomic E-state index is 5.53. The molecule has 0 atom stereocenters. The Morgan fingerprint density at radius 2 is 0.789 bits per heavy atom. The van der Waals surface area contributed by atoms with E-state index in [2.05, 4.69) is 190 Å². The van der Waals surface area contributed by atoms with Crippen LogP contribution < -0.4 is 0 Å². The molecule has 6 nitrogen and oxygen atoms in total. The lowest BCUT2D eigenvalue weighted by atomic mass is 10.1. The lowest BCUT2D eigenvalue weighted by molar-refractivity contribution is 1.10. The van der Waals surface area contributed by atoms with Crippen molar-refractivity contribution in [3.63, 3.8) is 0 Å². The van der Waals surface area contributed by atoms with Crippen molar-refractivity contribution in [2.24, 2.45) is 0 Å². The van der Waals surface area contributed by atoms with Crippen LogP contribution in [0.25, 0.3) is 105 Å². The summed E-state index contributed by atoms with van der Waals surface area (Å²) in [7, 11) is 0. The summed E-state index contributed by atoms with van der Waals surface area (Å²) in [5, 5.41) is 4.82. The molecule has 4 heterocycles. The lowest BCUT2D eigenvalue weighted by Gasteiger charge is -2.16. The fourth-order valence-electron chi connectivity index (χ4n) is 8.78. The van der Waals surface area contributed by atoms with Gasteiger partial charge in [-0.25, -0.2) is 9.97 Å². The molecule has 12 aromatic rings. The molecule has 57 heavy (non-hydrogen) atoms. The van der Waals surface area contributed by atoms with Gasteiger partial charge in [-0.2, -0.15) is 0 Å². The standard InChI is InChI=1S/C51H32N6/c1-2-14-35(15-3-1)55-46-25-13-8-20-40(46)54-51(55)34-28-26-33(27-29-34)41-32-52-49-47(56-42-21-9-4-16-36(42)37-17-5-10-22-43(37)56)30-31-48(50(49)53-41)57-44-23-11-6-18-38(44)39-19-7-12-24-45(39)57/h1-32H. The van der Waals surface area contributed by atoms with E-state index in [9.17, 15) is 0 Å². The lowest BCUT2D eigenvalue weighted by Crippen LogP contribution is -2.03. The second-order valence-electron chi connectivity index (χ2n) is 14.5. The average molecular weight is 729 g/mol. The molecule has 0 aliphatic heterocycles. The zero-order valence-corrected chi connectivity index (χ0v) is 30.7. The predicted molar refractivity (Wildman–Crippen MR) is 234 cm³/mol. The summed E-state index contributed by atoms with van der Waals surface area (Å²) in [6.07, 6.45) is 1.92. The van der Waals surface area contributed by atoms with E-state index in [0.717, 1.165) is 83.8 Å². The molecular weight excluding hydrogens is 697 g/mol. The van der Waals surface area contributed by atoms with E-state index in [4.69, 9.17) is 15.0 Å². The molecule has 4 aromatic heterocycles. The monoisotopic (exact) mass is 728 g/mol. The Balaban J connectivity index is 1.08. The molecule has 8 aromatic carbocycles. The molecule has 0 fully saturated rings. The van der Waals surface area contributed by atoms with Crippen molar-refractivity contribution < 1.29 is 0 Å². The Labute approximate surface area is 327 Å². The van der Waals surface area contributed by atoms with Crippen molar-refractivity contribution in [1.82, 2.24) is 28.7 Å². The van der Waals surface area contributed by atoms with E-state index in [1.165, 1.54) is 21.5 Å². The first-order valence-corrected chi connectivity index (χ1v) is 19.2. The van der Waals surface area contributed by atoms with Gasteiger partial charge in [-0.05, 0) is 60.7 Å². The van der Waals surface area contributed by atoms with Gasteiger partial charge >= 0.3 is 0 Å². The number of fused-ring (bicyclic) bond motifs is 8. The van der Waals surface area contributed by atoms with Crippen LogP contribution >= 0.6 is 0 Å². The number of hydrogen-bond acceptors (Lipinski definition) is 3. The maximum Gasteiger partial charge on any atom is 0.145 e. The summed E-state index contributed by atoms with van der Waals surface area (Å²) < 4.78 is 6.91. The largest absolute Gasteiger partial charge is 0.307 e. The molecule has 0 spiro atoms. The number of imidazole rings is 1. The van der Waals surface area contributed by atoms with E-state index in [1.54, 1.807) is 0 Å². The summed E-state index contributed by atoms with van der Waals surface area (Å²) in [6, 6.07) is 66.1. The highest BCUT2D eigenvalue weighted by molar-refractivity contribution is 6.12. The van der Waals surface area contributed by atoms with Gasteiger partial charge in [0.2, 0.25) is 0 Å². The van der Waals surface area contributed by atoms with Gasteiger partial charge < -0.3 is 9.13 Å². The highest BCUT2D eigenvalue weighted by Gasteiger charge is 2.21. The van der Waals surface area contributed by atoms with Crippen LogP contribution in [-0.2, 0) is 0 Å². The number of rotatable bonds is 5. The quantitative estimate of drug-likeness (QED) is 0.177. The minimum atomic E-state index is 0.798. The molecule has 0 bridgehead atoms. The molecule has 266 valence electrons. The van der Waals surface area contributed by atoms with Crippen molar-refractivity contribution in [1.29, 1.82) is 0 Å². The van der Waals surface area contributed by atoms with Crippen molar-refractivity contribution in [3.05, 3.63) is 194 Å². The molecule has 0 amide bonds. The highest BCUT2D eigenvalue weighted by atomic mass is 15.1. The molecular formula is C51H32N6. The first kappa shape index (κ1) is 31.5. The Bertz CT molecular complexity index is 3410. The normalized spacial score (nSPS) is 11.9. The SMILES string of the molecule is c1ccc(-n2c(-c3ccc(-c4cnc5c(-n6c7ccccc7c7ccccc76)ccc(-n6c7ccccc7c7ccccc76)c5n4)cc3)nc3ccccc32)cc1. The molecule has 0 radical (unpaired) electrons. The highest BCUT2D eigenvalue weighted by Crippen LogP contribution is 2.39. The molecule has 0 aliphatic carbocycles. The third-order valence-corrected chi connectivity index (χ3v) is 11.3. The third kappa shape index (κ3) is 4.74. The predicted octanol–water partition coefficient (Wildman–Crippen LogP) is 12.5. The Hall–Kier alpha value is -7.83. The van der Waals surface area contributed by atoms with Gasteiger partial charge in [-0.3, -0.25) is 9.55 Å².